The van der Waals surface area contributed by atoms with Crippen LogP contribution < -0.4 is 10.6 Å². The van der Waals surface area contributed by atoms with Crippen LogP contribution in [0, 0.1) is 6.92 Å². The molecule has 0 amide bonds. The molecule has 2 heteroatoms. The van der Waals surface area contributed by atoms with Gasteiger partial charge in [0.05, 0.1) is 0 Å². The normalized spacial score (nSPS) is 10.4. The molecule has 0 saturated heterocycles. The smallest absolute Gasteiger partial charge is 0.0364 e. The first-order chi connectivity index (χ1) is 8.56. The van der Waals surface area contributed by atoms with E-state index in [-0.39, 0.29) is 0 Å². The highest BCUT2D eigenvalue weighted by atomic mass is 15.1. The summed E-state index contributed by atoms with van der Waals surface area (Å²) in [5.74, 6) is 0. The Morgan fingerprint density at radius 1 is 1.00 bits per heavy atom. The van der Waals surface area contributed by atoms with Gasteiger partial charge in [-0.3, -0.25) is 0 Å². The molecule has 2 N–H and O–H groups in total. The molecule has 0 saturated carbocycles. The van der Waals surface area contributed by atoms with Gasteiger partial charge < -0.3 is 10.6 Å². The monoisotopic (exact) mass is 240 g/mol. The number of hydrogen-bond donors (Lipinski definition) is 1. The van der Waals surface area contributed by atoms with E-state index < -0.39 is 0 Å². The van der Waals surface area contributed by atoms with E-state index in [4.69, 9.17) is 5.73 Å². The summed E-state index contributed by atoms with van der Waals surface area (Å²) in [4.78, 5) is 2.13. The minimum atomic E-state index is 0.817. The average molecular weight is 240 g/mol. The minimum Gasteiger partial charge on any atom is -0.399 e. The van der Waals surface area contributed by atoms with Crippen molar-refractivity contribution in [1.82, 2.24) is 0 Å². The van der Waals surface area contributed by atoms with Crippen molar-refractivity contribution in [3.8, 4) is 0 Å². The molecule has 0 aliphatic carbocycles. The molecule has 0 aliphatic rings. The lowest BCUT2D eigenvalue weighted by Crippen LogP contribution is -2.09. The van der Waals surface area contributed by atoms with Crippen LogP contribution >= 0.6 is 0 Å². The largest absolute Gasteiger partial charge is 0.399 e. The van der Waals surface area contributed by atoms with Gasteiger partial charge in [-0.25, -0.2) is 0 Å². The second-order valence-corrected chi connectivity index (χ2v) is 4.92. The van der Waals surface area contributed by atoms with E-state index in [9.17, 15) is 0 Å². The third-order valence-corrected chi connectivity index (χ3v) is 3.22. The van der Waals surface area contributed by atoms with E-state index in [0.717, 1.165) is 12.1 Å². The summed E-state index contributed by atoms with van der Waals surface area (Å²) < 4.78 is 0. The topological polar surface area (TPSA) is 29.3 Å². The van der Waals surface area contributed by atoms with Gasteiger partial charge in [-0.15, -0.1) is 0 Å². The maximum absolute atomic E-state index is 5.71. The van der Waals surface area contributed by atoms with Gasteiger partial charge in [-0.1, -0.05) is 18.2 Å². The molecule has 2 aromatic carbocycles. The van der Waals surface area contributed by atoms with Gasteiger partial charge in [0.15, 0.2) is 0 Å². The molecule has 0 aliphatic heterocycles. The zero-order valence-electron chi connectivity index (χ0n) is 11.3. The lowest BCUT2D eigenvalue weighted by molar-refractivity contribution is 1.10. The zero-order chi connectivity index (χ0) is 13.1. The zero-order valence-corrected chi connectivity index (χ0v) is 11.3. The van der Waals surface area contributed by atoms with Gasteiger partial charge in [0.2, 0.25) is 0 Å². The number of rotatable bonds is 3. The van der Waals surface area contributed by atoms with E-state index in [1.807, 2.05) is 12.1 Å². The molecule has 2 nitrogen and oxygen atoms in total. The third-order valence-electron chi connectivity index (χ3n) is 3.22. The van der Waals surface area contributed by atoms with Crippen molar-refractivity contribution >= 4 is 11.4 Å². The van der Waals surface area contributed by atoms with Crippen LogP contribution in [-0.2, 0) is 6.42 Å². The lowest BCUT2D eigenvalue weighted by atomic mass is 9.99. The highest BCUT2D eigenvalue weighted by Crippen LogP contribution is 2.20. The Balaban J connectivity index is 2.27. The van der Waals surface area contributed by atoms with Gasteiger partial charge in [-0.05, 0) is 54.3 Å². The Kier molecular flexibility index (Phi) is 3.56. The standard InChI is InChI=1S/C16H20N2/c1-12-4-9-16(18(2)3)11-14(12)10-13-5-7-15(17)8-6-13/h4-9,11H,10,17H2,1-3H3. The van der Waals surface area contributed by atoms with Crippen molar-refractivity contribution < 1.29 is 0 Å². The van der Waals surface area contributed by atoms with Crippen LogP contribution in [0.3, 0.4) is 0 Å². The van der Waals surface area contributed by atoms with Crippen molar-refractivity contribution in [1.29, 1.82) is 0 Å². The number of anilines is 2. The Hall–Kier alpha value is -1.96. The maximum Gasteiger partial charge on any atom is 0.0364 e. The summed E-state index contributed by atoms with van der Waals surface area (Å²) in [5, 5.41) is 0. The van der Waals surface area contributed by atoms with Crippen molar-refractivity contribution in [2.45, 2.75) is 13.3 Å². The summed E-state index contributed by atoms with van der Waals surface area (Å²) in [6.07, 6.45) is 0.952. The Morgan fingerprint density at radius 2 is 1.67 bits per heavy atom. The summed E-state index contributed by atoms with van der Waals surface area (Å²) in [6, 6.07) is 14.7. The van der Waals surface area contributed by atoms with Crippen LogP contribution in [0.25, 0.3) is 0 Å². The molecule has 0 heterocycles. The second kappa shape index (κ2) is 5.13. The van der Waals surface area contributed by atoms with E-state index >= 15 is 0 Å². The van der Waals surface area contributed by atoms with Crippen LogP contribution in [0.15, 0.2) is 42.5 Å². The number of aryl methyl sites for hydroxylation is 1. The molecule has 0 unspecified atom stereocenters. The first-order valence-electron chi connectivity index (χ1n) is 6.17. The Labute approximate surface area is 109 Å². The molecule has 2 aromatic rings. The first kappa shape index (κ1) is 12.5. The molecule has 0 spiro atoms. The molecule has 18 heavy (non-hydrogen) atoms. The van der Waals surface area contributed by atoms with Gasteiger partial charge in [0, 0.05) is 25.5 Å². The van der Waals surface area contributed by atoms with E-state index in [2.05, 4.69) is 56.3 Å². The van der Waals surface area contributed by atoms with Crippen LogP contribution in [0.2, 0.25) is 0 Å². The van der Waals surface area contributed by atoms with E-state index in [1.165, 1.54) is 22.4 Å². The van der Waals surface area contributed by atoms with Crippen LogP contribution in [0.1, 0.15) is 16.7 Å². The highest BCUT2D eigenvalue weighted by molar-refractivity contribution is 5.51. The molecular formula is C16H20N2. The molecule has 0 radical (unpaired) electrons. The molecule has 0 fully saturated rings. The molecular weight excluding hydrogens is 220 g/mol. The summed E-state index contributed by atoms with van der Waals surface area (Å²) in [5.41, 5.74) is 11.8. The van der Waals surface area contributed by atoms with Gasteiger partial charge >= 0.3 is 0 Å². The first-order valence-corrected chi connectivity index (χ1v) is 6.17. The van der Waals surface area contributed by atoms with Crippen molar-refractivity contribution in [2.75, 3.05) is 24.7 Å². The van der Waals surface area contributed by atoms with Crippen LogP contribution in [-0.4, -0.2) is 14.1 Å². The highest BCUT2D eigenvalue weighted by Gasteiger charge is 2.03. The average Bonchev–Trinajstić information content (AvgIpc) is 2.34. The second-order valence-electron chi connectivity index (χ2n) is 4.92. The quantitative estimate of drug-likeness (QED) is 0.835. The van der Waals surface area contributed by atoms with Crippen LogP contribution in [0.4, 0.5) is 11.4 Å². The number of benzene rings is 2. The Bertz CT molecular complexity index is 527. The summed E-state index contributed by atoms with van der Waals surface area (Å²) >= 11 is 0. The molecule has 2 rings (SSSR count). The van der Waals surface area contributed by atoms with Crippen LogP contribution in [0.5, 0.6) is 0 Å². The van der Waals surface area contributed by atoms with Gasteiger partial charge in [-0.2, -0.15) is 0 Å². The van der Waals surface area contributed by atoms with Gasteiger partial charge in [0.1, 0.15) is 0 Å². The Morgan fingerprint density at radius 3 is 2.28 bits per heavy atom. The molecule has 0 aromatic heterocycles. The predicted molar refractivity (Wildman–Crippen MR) is 79.2 cm³/mol. The van der Waals surface area contributed by atoms with Crippen molar-refractivity contribution in [3.05, 3.63) is 59.2 Å². The maximum atomic E-state index is 5.71. The number of hydrogen-bond acceptors (Lipinski definition) is 2. The van der Waals surface area contributed by atoms with Crippen molar-refractivity contribution in [3.63, 3.8) is 0 Å². The fourth-order valence-electron chi connectivity index (χ4n) is 1.98. The number of nitrogens with zero attached hydrogens (tertiary/aromatic N) is 1. The fraction of sp³-hybridized carbons (Fsp3) is 0.250. The van der Waals surface area contributed by atoms with E-state index in [0.29, 0.717) is 0 Å². The lowest BCUT2D eigenvalue weighted by Gasteiger charge is -2.15. The predicted octanol–water partition coefficient (Wildman–Crippen LogP) is 3.23. The third kappa shape index (κ3) is 2.83. The van der Waals surface area contributed by atoms with Gasteiger partial charge in [0.25, 0.3) is 0 Å². The number of nitrogen functional groups attached to an aromatic ring is 1. The number of nitrogens with two attached hydrogens (primary N) is 1. The molecule has 0 bridgehead atoms. The SMILES string of the molecule is Cc1ccc(N(C)C)cc1Cc1ccc(N)cc1. The molecule has 0 atom stereocenters. The summed E-state index contributed by atoms with van der Waals surface area (Å²) in [7, 11) is 4.13. The summed E-state index contributed by atoms with van der Waals surface area (Å²) in [6.45, 7) is 2.16. The van der Waals surface area contributed by atoms with Crippen molar-refractivity contribution in [2.24, 2.45) is 0 Å². The van der Waals surface area contributed by atoms with E-state index in [1.54, 1.807) is 0 Å². The molecule has 94 valence electrons. The minimum absolute atomic E-state index is 0.817. The fourth-order valence-corrected chi connectivity index (χ4v) is 1.98.